The fraction of sp³-hybridized carbons (Fsp3) is 0.290. The number of carbonyl (C=O) groups is 2. The Morgan fingerprint density at radius 2 is 1.76 bits per heavy atom. The van der Waals surface area contributed by atoms with Gasteiger partial charge in [-0.2, -0.15) is 0 Å². The molecule has 0 saturated carbocycles. The zero-order chi connectivity index (χ0) is 26.3. The first-order chi connectivity index (χ1) is 17.8. The molecule has 0 spiro atoms. The summed E-state index contributed by atoms with van der Waals surface area (Å²) in [5, 5.41) is 11.5. The Bertz CT molecular complexity index is 1400. The molecule has 1 N–H and O–H groups in total. The number of aliphatic hydroxyl groups excluding tert-OH is 1. The van der Waals surface area contributed by atoms with Crippen LogP contribution in [0.1, 0.15) is 47.7 Å². The summed E-state index contributed by atoms with van der Waals surface area (Å²) in [7, 11) is 0. The van der Waals surface area contributed by atoms with Gasteiger partial charge in [-0.05, 0) is 86.3 Å². The summed E-state index contributed by atoms with van der Waals surface area (Å²) in [5.74, 6) is -0.708. The number of fused-ring (bicyclic) bond motifs is 1. The van der Waals surface area contributed by atoms with Crippen LogP contribution in [0.15, 0.2) is 66.2 Å². The third kappa shape index (κ3) is 4.16. The molecule has 2 aliphatic heterocycles. The molecule has 0 radical (unpaired) electrons. The van der Waals surface area contributed by atoms with Crippen LogP contribution < -0.4 is 14.5 Å². The smallest absolute Gasteiger partial charge is 0.300 e. The number of anilines is 2. The Balaban J connectivity index is 1.69. The third-order valence-corrected chi connectivity index (χ3v) is 7.58. The fourth-order valence-electron chi connectivity index (χ4n) is 5.34. The number of aryl methyl sites for hydroxylation is 1. The van der Waals surface area contributed by atoms with E-state index in [1.807, 2.05) is 68.4 Å². The monoisotopic (exact) mass is 496 g/mol. The van der Waals surface area contributed by atoms with Crippen molar-refractivity contribution in [2.24, 2.45) is 0 Å². The van der Waals surface area contributed by atoms with Gasteiger partial charge in [0.15, 0.2) is 0 Å². The van der Waals surface area contributed by atoms with Crippen LogP contribution in [0.2, 0.25) is 0 Å². The van der Waals surface area contributed by atoms with Crippen molar-refractivity contribution in [1.82, 2.24) is 0 Å². The second-order valence-electron chi connectivity index (χ2n) is 9.57. The van der Waals surface area contributed by atoms with Crippen LogP contribution in [-0.4, -0.2) is 36.5 Å². The van der Waals surface area contributed by atoms with Crippen molar-refractivity contribution in [3.8, 4) is 5.75 Å². The predicted molar refractivity (Wildman–Crippen MR) is 146 cm³/mol. The van der Waals surface area contributed by atoms with Crippen molar-refractivity contribution in [1.29, 1.82) is 0 Å². The van der Waals surface area contributed by atoms with E-state index in [2.05, 4.69) is 18.7 Å². The average molecular weight is 497 g/mol. The molecule has 6 heteroatoms. The molecule has 37 heavy (non-hydrogen) atoms. The molecule has 2 heterocycles. The van der Waals surface area contributed by atoms with Crippen LogP contribution >= 0.6 is 0 Å². The van der Waals surface area contributed by atoms with Crippen LogP contribution in [0.4, 0.5) is 11.4 Å². The molecule has 3 aromatic rings. The number of hydrogen-bond donors (Lipinski definition) is 1. The van der Waals surface area contributed by atoms with Gasteiger partial charge < -0.3 is 14.7 Å². The van der Waals surface area contributed by atoms with Gasteiger partial charge in [-0.15, -0.1) is 0 Å². The van der Waals surface area contributed by atoms with Gasteiger partial charge in [0.2, 0.25) is 0 Å². The van der Waals surface area contributed by atoms with Crippen molar-refractivity contribution in [3.63, 3.8) is 0 Å². The Morgan fingerprint density at radius 1 is 1.03 bits per heavy atom. The highest BCUT2D eigenvalue weighted by Crippen LogP contribution is 2.44. The number of ether oxygens (including phenoxy) is 1. The number of amides is 1. The second-order valence-corrected chi connectivity index (χ2v) is 9.57. The van der Waals surface area contributed by atoms with E-state index in [0.717, 1.165) is 53.2 Å². The number of rotatable bonds is 6. The normalized spacial score (nSPS) is 18.2. The Morgan fingerprint density at radius 3 is 2.46 bits per heavy atom. The van der Waals surface area contributed by atoms with E-state index >= 15 is 0 Å². The maximum absolute atomic E-state index is 13.6. The lowest BCUT2D eigenvalue weighted by molar-refractivity contribution is -0.132. The number of ketones is 1. The lowest BCUT2D eigenvalue weighted by atomic mass is 9.94. The van der Waals surface area contributed by atoms with E-state index in [1.165, 1.54) is 0 Å². The van der Waals surface area contributed by atoms with Gasteiger partial charge in [0, 0.05) is 36.4 Å². The van der Waals surface area contributed by atoms with Gasteiger partial charge in [-0.1, -0.05) is 24.3 Å². The topological polar surface area (TPSA) is 70.1 Å². The van der Waals surface area contributed by atoms with Crippen molar-refractivity contribution in [2.45, 2.75) is 40.2 Å². The van der Waals surface area contributed by atoms with Gasteiger partial charge in [0.1, 0.15) is 11.5 Å². The summed E-state index contributed by atoms with van der Waals surface area (Å²) in [6.07, 6.45) is 0.740. The van der Waals surface area contributed by atoms with Crippen LogP contribution in [0.25, 0.3) is 5.76 Å². The molecule has 1 amide bonds. The maximum Gasteiger partial charge on any atom is 0.300 e. The first-order valence-electron chi connectivity index (χ1n) is 12.8. The van der Waals surface area contributed by atoms with Crippen LogP contribution in [0, 0.1) is 13.8 Å². The highest BCUT2D eigenvalue weighted by molar-refractivity contribution is 6.51. The third-order valence-electron chi connectivity index (χ3n) is 7.58. The molecule has 1 atom stereocenters. The van der Waals surface area contributed by atoms with E-state index < -0.39 is 17.7 Å². The highest BCUT2D eigenvalue weighted by atomic mass is 16.5. The summed E-state index contributed by atoms with van der Waals surface area (Å²) in [6, 6.07) is 18.3. The van der Waals surface area contributed by atoms with Crippen LogP contribution in [-0.2, 0) is 16.0 Å². The molecule has 3 aromatic carbocycles. The second kappa shape index (κ2) is 9.77. The predicted octanol–water partition coefficient (Wildman–Crippen LogP) is 5.71. The summed E-state index contributed by atoms with van der Waals surface area (Å²) >= 11 is 0. The SMILES string of the molecule is CCN(CC)c1ccc(C2/C(=C(/O)c3ccc4c(c3)CCO4)C(=O)C(=O)N2c2cccc(C)c2C)cc1. The molecule has 5 rings (SSSR count). The fourth-order valence-corrected chi connectivity index (χ4v) is 5.34. The van der Waals surface area contributed by atoms with E-state index in [1.54, 1.807) is 11.0 Å². The Hall–Kier alpha value is -4.06. The van der Waals surface area contributed by atoms with Gasteiger partial charge in [-0.25, -0.2) is 0 Å². The first-order valence-corrected chi connectivity index (χ1v) is 12.8. The minimum Gasteiger partial charge on any atom is -0.507 e. The molecule has 1 fully saturated rings. The quantitative estimate of drug-likeness (QED) is 0.269. The highest BCUT2D eigenvalue weighted by Gasteiger charge is 2.47. The number of nitrogens with zero attached hydrogens (tertiary/aromatic N) is 2. The number of hydrogen-bond acceptors (Lipinski definition) is 5. The van der Waals surface area contributed by atoms with Crippen LogP contribution in [0.3, 0.4) is 0 Å². The number of aliphatic hydroxyl groups is 1. The van der Waals surface area contributed by atoms with E-state index in [0.29, 0.717) is 17.9 Å². The molecular weight excluding hydrogens is 464 g/mol. The standard InChI is InChI=1S/C31H32N2O4/c1-5-32(6-2)24-13-10-21(11-14-24)28-27(29(34)23-12-15-26-22(18-23)16-17-37-26)30(35)31(36)33(28)25-9-7-8-19(3)20(25)4/h7-15,18,28,34H,5-6,16-17H2,1-4H3/b29-27-. The minimum atomic E-state index is -0.754. The van der Waals surface area contributed by atoms with Gasteiger partial charge in [0.25, 0.3) is 11.7 Å². The molecule has 1 saturated heterocycles. The molecule has 0 aliphatic carbocycles. The molecule has 1 unspecified atom stereocenters. The Kier molecular flexibility index (Phi) is 6.50. The molecule has 190 valence electrons. The van der Waals surface area contributed by atoms with Crippen molar-refractivity contribution in [2.75, 3.05) is 29.5 Å². The number of Topliss-reactive ketones (excluding diaryl/α,β-unsaturated/α-hetero) is 1. The van der Waals surface area contributed by atoms with E-state index in [9.17, 15) is 14.7 Å². The van der Waals surface area contributed by atoms with E-state index in [4.69, 9.17) is 4.74 Å². The zero-order valence-corrected chi connectivity index (χ0v) is 21.7. The largest absolute Gasteiger partial charge is 0.507 e. The molecular formula is C31H32N2O4. The Labute approximate surface area is 217 Å². The van der Waals surface area contributed by atoms with E-state index in [-0.39, 0.29) is 11.3 Å². The lowest BCUT2D eigenvalue weighted by Crippen LogP contribution is -2.30. The zero-order valence-electron chi connectivity index (χ0n) is 21.7. The summed E-state index contributed by atoms with van der Waals surface area (Å²) in [6.45, 7) is 10.5. The molecule has 0 bridgehead atoms. The minimum absolute atomic E-state index is 0.0976. The lowest BCUT2D eigenvalue weighted by Gasteiger charge is -2.28. The van der Waals surface area contributed by atoms with Gasteiger partial charge in [-0.3, -0.25) is 14.5 Å². The maximum atomic E-state index is 13.6. The summed E-state index contributed by atoms with van der Waals surface area (Å²) in [4.78, 5) is 30.9. The summed E-state index contributed by atoms with van der Waals surface area (Å²) in [5.41, 5.74) is 6.03. The van der Waals surface area contributed by atoms with Crippen molar-refractivity contribution < 1.29 is 19.4 Å². The average Bonchev–Trinajstić information content (AvgIpc) is 3.48. The van der Waals surface area contributed by atoms with Crippen molar-refractivity contribution in [3.05, 3.63) is 94.1 Å². The molecule has 2 aliphatic rings. The number of benzene rings is 3. The van der Waals surface area contributed by atoms with Gasteiger partial charge in [0.05, 0.1) is 18.2 Å². The van der Waals surface area contributed by atoms with Crippen molar-refractivity contribution >= 4 is 28.8 Å². The molecule has 0 aromatic heterocycles. The molecule has 6 nitrogen and oxygen atoms in total. The van der Waals surface area contributed by atoms with Crippen LogP contribution in [0.5, 0.6) is 5.75 Å². The first kappa shape index (κ1) is 24.6. The summed E-state index contributed by atoms with van der Waals surface area (Å²) < 4.78 is 5.60. The van der Waals surface area contributed by atoms with Gasteiger partial charge >= 0.3 is 0 Å². The number of carbonyl (C=O) groups excluding carboxylic acids is 2.